The van der Waals surface area contributed by atoms with Crippen LogP contribution in [0.5, 0.6) is 0 Å². The standard InChI is InChI=1S/C19H16BrN3O/c1-13-9-15(20)7-8-18(13)23-19(24)14-10-17(12-21-11-14)22-16-5-3-2-4-6-16/h2-12,22H,1H3,(H,23,24). The number of benzene rings is 2. The summed E-state index contributed by atoms with van der Waals surface area (Å²) >= 11 is 3.42. The van der Waals surface area contributed by atoms with Crippen LogP contribution in [0.3, 0.4) is 0 Å². The second-order valence-corrected chi connectivity index (χ2v) is 6.28. The molecule has 0 aliphatic rings. The topological polar surface area (TPSA) is 54.0 Å². The molecule has 3 aromatic rings. The molecule has 3 rings (SSSR count). The number of hydrogen-bond acceptors (Lipinski definition) is 3. The smallest absolute Gasteiger partial charge is 0.257 e. The van der Waals surface area contributed by atoms with Crippen LogP contribution in [-0.2, 0) is 0 Å². The summed E-state index contributed by atoms with van der Waals surface area (Å²) in [6.07, 6.45) is 3.24. The van der Waals surface area contributed by atoms with E-state index in [2.05, 4.69) is 31.5 Å². The highest BCUT2D eigenvalue weighted by atomic mass is 79.9. The van der Waals surface area contributed by atoms with Crippen molar-refractivity contribution in [2.24, 2.45) is 0 Å². The van der Waals surface area contributed by atoms with Crippen molar-refractivity contribution in [3.63, 3.8) is 0 Å². The van der Waals surface area contributed by atoms with Gasteiger partial charge in [-0.3, -0.25) is 9.78 Å². The highest BCUT2D eigenvalue weighted by molar-refractivity contribution is 9.10. The number of anilines is 3. The van der Waals surface area contributed by atoms with Gasteiger partial charge in [-0.1, -0.05) is 34.1 Å². The predicted octanol–water partition coefficient (Wildman–Crippen LogP) is 5.15. The van der Waals surface area contributed by atoms with Crippen LogP contribution >= 0.6 is 15.9 Å². The molecule has 0 radical (unpaired) electrons. The quantitative estimate of drug-likeness (QED) is 0.656. The second-order valence-electron chi connectivity index (χ2n) is 5.37. The highest BCUT2D eigenvalue weighted by Crippen LogP contribution is 2.21. The molecule has 5 heteroatoms. The van der Waals surface area contributed by atoms with E-state index in [-0.39, 0.29) is 5.91 Å². The van der Waals surface area contributed by atoms with Crippen LogP contribution in [0.2, 0.25) is 0 Å². The summed E-state index contributed by atoms with van der Waals surface area (Å²) in [4.78, 5) is 16.6. The van der Waals surface area contributed by atoms with Gasteiger partial charge in [0.15, 0.2) is 0 Å². The molecule has 0 fully saturated rings. The first kappa shape index (κ1) is 16.2. The third-order valence-corrected chi connectivity index (χ3v) is 3.99. The van der Waals surface area contributed by atoms with Gasteiger partial charge >= 0.3 is 0 Å². The van der Waals surface area contributed by atoms with E-state index in [9.17, 15) is 4.79 Å². The molecule has 0 aliphatic carbocycles. The van der Waals surface area contributed by atoms with Crippen LogP contribution in [0.1, 0.15) is 15.9 Å². The van der Waals surface area contributed by atoms with E-state index >= 15 is 0 Å². The number of amides is 1. The first-order valence-corrected chi connectivity index (χ1v) is 8.26. The van der Waals surface area contributed by atoms with Crippen molar-refractivity contribution in [2.45, 2.75) is 6.92 Å². The van der Waals surface area contributed by atoms with Gasteiger partial charge in [0, 0.05) is 22.0 Å². The molecule has 0 spiro atoms. The Hall–Kier alpha value is -2.66. The van der Waals surface area contributed by atoms with Crippen LogP contribution in [0.4, 0.5) is 17.1 Å². The van der Waals surface area contributed by atoms with Gasteiger partial charge < -0.3 is 10.6 Å². The lowest BCUT2D eigenvalue weighted by Gasteiger charge is -2.10. The van der Waals surface area contributed by atoms with Gasteiger partial charge in [0.05, 0.1) is 17.4 Å². The van der Waals surface area contributed by atoms with E-state index in [1.807, 2.05) is 55.5 Å². The average Bonchev–Trinajstić information content (AvgIpc) is 2.58. The molecule has 1 heterocycles. The van der Waals surface area contributed by atoms with E-state index in [4.69, 9.17) is 0 Å². The number of halogens is 1. The number of aryl methyl sites for hydroxylation is 1. The number of aromatic nitrogens is 1. The Bertz CT molecular complexity index is 865. The minimum absolute atomic E-state index is 0.190. The molecule has 0 atom stereocenters. The zero-order chi connectivity index (χ0) is 16.9. The molecule has 1 amide bonds. The zero-order valence-electron chi connectivity index (χ0n) is 13.1. The third-order valence-electron chi connectivity index (χ3n) is 3.50. The summed E-state index contributed by atoms with van der Waals surface area (Å²) < 4.78 is 0.980. The van der Waals surface area contributed by atoms with Crippen molar-refractivity contribution in [2.75, 3.05) is 10.6 Å². The van der Waals surface area contributed by atoms with Crippen molar-refractivity contribution in [3.05, 3.63) is 82.6 Å². The van der Waals surface area contributed by atoms with Crippen molar-refractivity contribution in [1.82, 2.24) is 4.98 Å². The van der Waals surface area contributed by atoms with Gasteiger partial charge in [-0.05, 0) is 48.9 Å². The van der Waals surface area contributed by atoms with E-state index in [1.165, 1.54) is 0 Å². The Morgan fingerprint density at radius 3 is 2.54 bits per heavy atom. The molecular weight excluding hydrogens is 366 g/mol. The summed E-state index contributed by atoms with van der Waals surface area (Å²) in [7, 11) is 0. The van der Waals surface area contributed by atoms with Gasteiger partial charge in [0.2, 0.25) is 0 Å². The molecule has 0 unspecified atom stereocenters. The molecule has 120 valence electrons. The molecule has 2 N–H and O–H groups in total. The molecule has 1 aromatic heterocycles. The molecule has 0 saturated heterocycles. The fourth-order valence-corrected chi connectivity index (χ4v) is 2.76. The van der Waals surface area contributed by atoms with E-state index in [0.717, 1.165) is 27.1 Å². The van der Waals surface area contributed by atoms with Crippen molar-refractivity contribution in [3.8, 4) is 0 Å². The molecule has 4 nitrogen and oxygen atoms in total. The Kier molecular flexibility index (Phi) is 4.91. The van der Waals surface area contributed by atoms with Crippen LogP contribution in [0.15, 0.2) is 71.5 Å². The number of hydrogen-bond donors (Lipinski definition) is 2. The predicted molar refractivity (Wildman–Crippen MR) is 101 cm³/mol. The van der Waals surface area contributed by atoms with Crippen LogP contribution in [0, 0.1) is 6.92 Å². The Labute approximate surface area is 149 Å². The van der Waals surface area contributed by atoms with Crippen molar-refractivity contribution < 1.29 is 4.79 Å². The summed E-state index contributed by atoms with van der Waals surface area (Å²) in [5.41, 5.74) is 3.98. The Morgan fingerprint density at radius 2 is 1.79 bits per heavy atom. The number of para-hydroxylation sites is 1. The zero-order valence-corrected chi connectivity index (χ0v) is 14.7. The van der Waals surface area contributed by atoms with Gasteiger partial charge in [0.25, 0.3) is 5.91 Å². The SMILES string of the molecule is Cc1cc(Br)ccc1NC(=O)c1cncc(Nc2ccccc2)c1. The maximum atomic E-state index is 12.5. The van der Waals surface area contributed by atoms with Gasteiger partial charge in [0.1, 0.15) is 0 Å². The van der Waals surface area contributed by atoms with Gasteiger partial charge in [-0.15, -0.1) is 0 Å². The van der Waals surface area contributed by atoms with E-state index < -0.39 is 0 Å². The summed E-state index contributed by atoms with van der Waals surface area (Å²) in [6, 6.07) is 17.3. The number of nitrogens with one attached hydrogen (secondary N) is 2. The van der Waals surface area contributed by atoms with Crippen molar-refractivity contribution >= 4 is 38.9 Å². The van der Waals surface area contributed by atoms with Crippen LogP contribution in [-0.4, -0.2) is 10.9 Å². The first-order chi connectivity index (χ1) is 11.6. The number of pyridine rings is 1. The van der Waals surface area contributed by atoms with Gasteiger partial charge in [-0.25, -0.2) is 0 Å². The number of carbonyl (C=O) groups is 1. The highest BCUT2D eigenvalue weighted by Gasteiger charge is 2.09. The Morgan fingerprint density at radius 1 is 1.00 bits per heavy atom. The first-order valence-electron chi connectivity index (χ1n) is 7.46. The normalized spacial score (nSPS) is 10.2. The number of nitrogens with zero attached hydrogens (tertiary/aromatic N) is 1. The van der Waals surface area contributed by atoms with Crippen LogP contribution in [0.25, 0.3) is 0 Å². The van der Waals surface area contributed by atoms with E-state index in [0.29, 0.717) is 5.56 Å². The van der Waals surface area contributed by atoms with E-state index in [1.54, 1.807) is 18.5 Å². The van der Waals surface area contributed by atoms with Crippen LogP contribution < -0.4 is 10.6 Å². The van der Waals surface area contributed by atoms with Crippen molar-refractivity contribution in [1.29, 1.82) is 0 Å². The largest absolute Gasteiger partial charge is 0.354 e. The molecule has 2 aromatic carbocycles. The summed E-state index contributed by atoms with van der Waals surface area (Å²) in [6.45, 7) is 1.95. The maximum absolute atomic E-state index is 12.5. The summed E-state index contributed by atoms with van der Waals surface area (Å²) in [5.74, 6) is -0.190. The molecule has 0 bridgehead atoms. The molecular formula is C19H16BrN3O. The minimum Gasteiger partial charge on any atom is -0.354 e. The lowest BCUT2D eigenvalue weighted by Crippen LogP contribution is -2.13. The summed E-state index contributed by atoms with van der Waals surface area (Å²) in [5, 5.41) is 6.15. The number of carbonyl (C=O) groups excluding carboxylic acids is 1. The molecule has 0 saturated carbocycles. The fraction of sp³-hybridized carbons (Fsp3) is 0.0526. The average molecular weight is 382 g/mol. The monoisotopic (exact) mass is 381 g/mol. The lowest BCUT2D eigenvalue weighted by molar-refractivity contribution is 0.102. The number of rotatable bonds is 4. The second kappa shape index (κ2) is 7.27. The minimum atomic E-state index is -0.190. The maximum Gasteiger partial charge on any atom is 0.257 e. The molecule has 0 aliphatic heterocycles. The fourth-order valence-electron chi connectivity index (χ4n) is 2.28. The van der Waals surface area contributed by atoms with Gasteiger partial charge in [-0.2, -0.15) is 0 Å². The molecule has 24 heavy (non-hydrogen) atoms. The Balaban J connectivity index is 1.77. The third kappa shape index (κ3) is 4.00. The lowest BCUT2D eigenvalue weighted by atomic mass is 10.2.